The number of Topliss-reactive ketones (excluding diaryl/α,β-unsaturated/α-hetero) is 1. The minimum atomic E-state index is -1.31. The first kappa shape index (κ1) is 15.7. The summed E-state index contributed by atoms with van der Waals surface area (Å²) in [5.41, 5.74) is 3.09. The lowest BCUT2D eigenvalue weighted by Gasteiger charge is -2.39. The van der Waals surface area contributed by atoms with Crippen molar-refractivity contribution < 1.29 is 20.1 Å². The zero-order valence-corrected chi connectivity index (χ0v) is 13.4. The maximum atomic E-state index is 12.7. The number of hydrogen-bond acceptors (Lipinski definition) is 4. The summed E-state index contributed by atoms with van der Waals surface area (Å²) in [6.45, 7) is 5.39. The molecule has 3 aliphatic rings. The second-order valence-corrected chi connectivity index (χ2v) is 7.08. The van der Waals surface area contributed by atoms with E-state index in [0.717, 1.165) is 35.1 Å². The minimum absolute atomic E-state index is 0.178. The van der Waals surface area contributed by atoms with E-state index < -0.39 is 17.1 Å². The van der Waals surface area contributed by atoms with E-state index >= 15 is 0 Å². The topological polar surface area (TPSA) is 77.8 Å². The summed E-state index contributed by atoms with van der Waals surface area (Å²) < 4.78 is 0. The van der Waals surface area contributed by atoms with Gasteiger partial charge in [0.25, 0.3) is 0 Å². The number of aliphatic hydroxyl groups excluding tert-OH is 2. The molecule has 0 amide bonds. The number of fused-ring (bicyclic) bond motifs is 1. The number of carbonyl (C=O) groups is 1. The molecule has 3 N–H and O–H groups in total. The summed E-state index contributed by atoms with van der Waals surface area (Å²) in [6.07, 6.45) is 3.93. The summed E-state index contributed by atoms with van der Waals surface area (Å²) in [7, 11) is 0. The zero-order chi connectivity index (χ0) is 16.3. The van der Waals surface area contributed by atoms with Crippen LogP contribution in [-0.4, -0.2) is 39.4 Å². The Hall–Kier alpha value is -1.23. The molecular formula is C18H24O4. The molecule has 2 atom stereocenters. The first-order valence-electron chi connectivity index (χ1n) is 7.96. The van der Waals surface area contributed by atoms with Crippen molar-refractivity contribution in [3.05, 3.63) is 33.9 Å². The highest BCUT2D eigenvalue weighted by Gasteiger charge is 2.64. The van der Waals surface area contributed by atoms with Gasteiger partial charge < -0.3 is 15.3 Å². The maximum absolute atomic E-state index is 12.7. The van der Waals surface area contributed by atoms with Gasteiger partial charge in [-0.25, -0.2) is 0 Å². The molecule has 0 bridgehead atoms. The molecule has 1 spiro atoms. The van der Waals surface area contributed by atoms with Gasteiger partial charge in [0.05, 0.1) is 12.7 Å². The monoisotopic (exact) mass is 304 g/mol. The predicted molar refractivity (Wildman–Crippen MR) is 83.1 cm³/mol. The van der Waals surface area contributed by atoms with Gasteiger partial charge in [-0.15, -0.1) is 0 Å². The molecule has 4 heteroatoms. The number of rotatable bonds is 4. The molecule has 0 aromatic carbocycles. The Labute approximate surface area is 130 Å². The third-order valence-corrected chi connectivity index (χ3v) is 5.81. The van der Waals surface area contributed by atoms with E-state index in [1.54, 1.807) is 6.92 Å². The molecule has 1 fully saturated rings. The van der Waals surface area contributed by atoms with Gasteiger partial charge in [-0.3, -0.25) is 4.79 Å². The van der Waals surface area contributed by atoms with Crippen LogP contribution in [-0.2, 0) is 4.79 Å². The van der Waals surface area contributed by atoms with Crippen molar-refractivity contribution in [2.75, 3.05) is 6.61 Å². The number of allylic oxidation sites excluding steroid dienone is 4. The van der Waals surface area contributed by atoms with E-state index in [1.165, 1.54) is 0 Å². The lowest BCUT2D eigenvalue weighted by molar-refractivity contribution is -0.137. The SMILES string of the molecule is CC1=C(CCC(O)CO)C2=C(C)C3(CC3)[C@@](C)(O)C(=O)C2=C1. The summed E-state index contributed by atoms with van der Waals surface area (Å²) in [5.74, 6) is -0.178. The molecule has 120 valence electrons. The normalized spacial score (nSPS) is 30.8. The van der Waals surface area contributed by atoms with Crippen LogP contribution in [0.5, 0.6) is 0 Å². The van der Waals surface area contributed by atoms with Crippen molar-refractivity contribution in [3.63, 3.8) is 0 Å². The molecular weight excluding hydrogens is 280 g/mol. The molecule has 3 aliphatic carbocycles. The van der Waals surface area contributed by atoms with E-state index in [9.17, 15) is 15.0 Å². The van der Waals surface area contributed by atoms with E-state index in [4.69, 9.17) is 5.11 Å². The minimum Gasteiger partial charge on any atom is -0.394 e. The Morgan fingerprint density at radius 2 is 1.95 bits per heavy atom. The Morgan fingerprint density at radius 1 is 1.32 bits per heavy atom. The fourth-order valence-electron chi connectivity index (χ4n) is 4.14. The summed E-state index contributed by atoms with van der Waals surface area (Å²) in [6, 6.07) is 0. The van der Waals surface area contributed by atoms with Gasteiger partial charge in [-0.05, 0) is 69.2 Å². The Balaban J connectivity index is 2.01. The lowest BCUT2D eigenvalue weighted by atomic mass is 9.67. The molecule has 0 heterocycles. The summed E-state index contributed by atoms with van der Waals surface area (Å²) in [5, 5.41) is 29.4. The third kappa shape index (κ3) is 1.91. The Bertz CT molecular complexity index is 629. The molecule has 0 aliphatic heterocycles. The average Bonchev–Trinajstić information content (AvgIpc) is 3.22. The van der Waals surface area contributed by atoms with Crippen molar-refractivity contribution in [2.24, 2.45) is 5.41 Å². The largest absolute Gasteiger partial charge is 0.394 e. The molecule has 0 aromatic rings. The third-order valence-electron chi connectivity index (χ3n) is 5.81. The predicted octanol–water partition coefficient (Wildman–Crippen LogP) is 1.81. The van der Waals surface area contributed by atoms with Crippen molar-refractivity contribution >= 4 is 5.78 Å². The van der Waals surface area contributed by atoms with Crippen LogP contribution in [0, 0.1) is 5.41 Å². The van der Waals surface area contributed by atoms with E-state index in [0.29, 0.717) is 18.4 Å². The highest BCUT2D eigenvalue weighted by molar-refractivity contribution is 6.10. The lowest BCUT2D eigenvalue weighted by Crippen LogP contribution is -2.49. The molecule has 1 saturated carbocycles. The summed E-state index contributed by atoms with van der Waals surface area (Å²) in [4.78, 5) is 12.7. The van der Waals surface area contributed by atoms with Gasteiger partial charge in [0.15, 0.2) is 5.78 Å². The van der Waals surface area contributed by atoms with Gasteiger partial charge in [-0.1, -0.05) is 5.57 Å². The molecule has 0 saturated heterocycles. The highest BCUT2D eigenvalue weighted by atomic mass is 16.3. The number of aliphatic hydroxyl groups is 3. The van der Waals surface area contributed by atoms with Crippen LogP contribution in [0.2, 0.25) is 0 Å². The van der Waals surface area contributed by atoms with E-state index in [2.05, 4.69) is 0 Å². The van der Waals surface area contributed by atoms with Crippen molar-refractivity contribution in [2.45, 2.75) is 58.2 Å². The van der Waals surface area contributed by atoms with Crippen LogP contribution in [0.15, 0.2) is 33.9 Å². The number of carbonyl (C=O) groups excluding carboxylic acids is 1. The van der Waals surface area contributed by atoms with Crippen LogP contribution in [0.25, 0.3) is 0 Å². The fraction of sp³-hybridized carbons (Fsp3) is 0.611. The van der Waals surface area contributed by atoms with Gasteiger partial charge in [-0.2, -0.15) is 0 Å². The molecule has 3 rings (SSSR count). The Kier molecular flexibility index (Phi) is 3.47. The smallest absolute Gasteiger partial charge is 0.195 e. The zero-order valence-electron chi connectivity index (χ0n) is 13.4. The Morgan fingerprint density at radius 3 is 2.50 bits per heavy atom. The first-order chi connectivity index (χ1) is 10.3. The van der Waals surface area contributed by atoms with E-state index in [1.807, 2.05) is 19.9 Å². The van der Waals surface area contributed by atoms with Crippen LogP contribution in [0.4, 0.5) is 0 Å². The van der Waals surface area contributed by atoms with Gasteiger partial charge in [0.2, 0.25) is 0 Å². The van der Waals surface area contributed by atoms with Gasteiger partial charge in [0, 0.05) is 11.0 Å². The summed E-state index contributed by atoms with van der Waals surface area (Å²) >= 11 is 0. The van der Waals surface area contributed by atoms with Crippen molar-refractivity contribution in [3.8, 4) is 0 Å². The second kappa shape index (κ2) is 4.88. The quantitative estimate of drug-likeness (QED) is 0.740. The first-order valence-corrected chi connectivity index (χ1v) is 7.96. The van der Waals surface area contributed by atoms with Crippen LogP contribution in [0.1, 0.15) is 46.5 Å². The van der Waals surface area contributed by atoms with Gasteiger partial charge in [0.1, 0.15) is 5.60 Å². The second-order valence-electron chi connectivity index (χ2n) is 7.08. The average molecular weight is 304 g/mol. The molecule has 0 aromatic heterocycles. The molecule has 0 radical (unpaired) electrons. The molecule has 1 unspecified atom stereocenters. The highest BCUT2D eigenvalue weighted by Crippen LogP contribution is 2.65. The van der Waals surface area contributed by atoms with Crippen LogP contribution >= 0.6 is 0 Å². The van der Waals surface area contributed by atoms with Crippen molar-refractivity contribution in [1.82, 2.24) is 0 Å². The van der Waals surface area contributed by atoms with E-state index in [-0.39, 0.29) is 12.4 Å². The fourth-order valence-corrected chi connectivity index (χ4v) is 4.14. The van der Waals surface area contributed by atoms with Crippen LogP contribution < -0.4 is 0 Å². The van der Waals surface area contributed by atoms with Crippen LogP contribution in [0.3, 0.4) is 0 Å². The number of hydrogen-bond donors (Lipinski definition) is 3. The maximum Gasteiger partial charge on any atom is 0.195 e. The van der Waals surface area contributed by atoms with Crippen molar-refractivity contribution in [1.29, 1.82) is 0 Å². The van der Waals surface area contributed by atoms with Gasteiger partial charge >= 0.3 is 0 Å². The molecule has 22 heavy (non-hydrogen) atoms. The molecule has 4 nitrogen and oxygen atoms in total. The standard InChI is InChI=1S/C18H24O4/c1-10-8-14-15(13(10)5-4-12(20)9-19)11(2)18(6-7-18)17(3,22)16(14)21/h8,12,19-20,22H,4-7,9H2,1-3H3/t12?,17-/m0/s1. The number of ketones is 1.